The van der Waals surface area contributed by atoms with Crippen molar-refractivity contribution >= 4 is 40.3 Å². The average molecular weight is 359 g/mol. The van der Waals surface area contributed by atoms with Crippen LogP contribution in [0, 0.1) is 0 Å². The first-order valence-electron chi connectivity index (χ1n) is 6.93. The molecule has 1 saturated heterocycles. The first-order chi connectivity index (χ1) is 11.0. The van der Waals surface area contributed by atoms with E-state index in [1.807, 2.05) is 6.92 Å². The maximum Gasteiger partial charge on any atom is 0.387 e. The van der Waals surface area contributed by atoms with Crippen molar-refractivity contribution < 1.29 is 23.0 Å². The molecule has 0 N–H and O–H groups in total. The zero-order valence-electron chi connectivity index (χ0n) is 12.5. The minimum Gasteiger partial charge on any atom is -0.490 e. The lowest BCUT2D eigenvalue weighted by Gasteiger charge is -2.12. The molecule has 1 heterocycles. The van der Waals surface area contributed by atoms with Crippen LogP contribution in [0.1, 0.15) is 19.4 Å². The standard InChI is InChI=1S/C15H15F2NO3S2/c1-3-18-13(19)12(23-15(18)22)8-9-5-6-10(21-14(16)17)11(7-9)20-4-2/h5-8,14H,3-4H2,1-2H3/b12-8-. The Morgan fingerprint density at radius 1 is 1.35 bits per heavy atom. The maximum absolute atomic E-state index is 12.4. The maximum atomic E-state index is 12.4. The number of carbonyl (C=O) groups excluding carboxylic acids is 1. The van der Waals surface area contributed by atoms with E-state index < -0.39 is 6.61 Å². The summed E-state index contributed by atoms with van der Waals surface area (Å²) in [4.78, 5) is 14.2. The molecular weight excluding hydrogens is 344 g/mol. The molecule has 0 saturated carbocycles. The van der Waals surface area contributed by atoms with Gasteiger partial charge in [-0.05, 0) is 37.6 Å². The van der Waals surface area contributed by atoms with Gasteiger partial charge in [-0.3, -0.25) is 9.69 Å². The Morgan fingerprint density at radius 3 is 2.65 bits per heavy atom. The van der Waals surface area contributed by atoms with Gasteiger partial charge >= 0.3 is 6.61 Å². The summed E-state index contributed by atoms with van der Waals surface area (Å²) in [6, 6.07) is 4.53. The van der Waals surface area contributed by atoms with Crippen molar-refractivity contribution in [3.05, 3.63) is 28.7 Å². The molecule has 1 aromatic carbocycles. The summed E-state index contributed by atoms with van der Waals surface area (Å²) >= 11 is 6.36. The number of benzene rings is 1. The smallest absolute Gasteiger partial charge is 0.387 e. The van der Waals surface area contributed by atoms with Crippen LogP contribution in [0.4, 0.5) is 8.78 Å². The Bertz CT molecular complexity index is 650. The largest absolute Gasteiger partial charge is 0.490 e. The number of carbonyl (C=O) groups is 1. The van der Waals surface area contributed by atoms with Gasteiger partial charge in [-0.2, -0.15) is 8.78 Å². The lowest BCUT2D eigenvalue weighted by Crippen LogP contribution is -2.27. The normalized spacial score (nSPS) is 16.6. The number of rotatable bonds is 6. The SMILES string of the molecule is CCOc1cc(/C=C2\SC(=S)N(CC)C2=O)ccc1OC(F)F. The number of halogens is 2. The predicted molar refractivity (Wildman–Crippen MR) is 89.8 cm³/mol. The number of amides is 1. The van der Waals surface area contributed by atoms with Gasteiger partial charge in [0, 0.05) is 6.54 Å². The molecular formula is C15H15F2NO3S2. The Morgan fingerprint density at radius 2 is 2.09 bits per heavy atom. The van der Waals surface area contributed by atoms with Gasteiger partial charge in [-0.25, -0.2) is 0 Å². The molecule has 0 unspecified atom stereocenters. The van der Waals surface area contributed by atoms with Gasteiger partial charge in [-0.1, -0.05) is 30.0 Å². The minimum atomic E-state index is -2.93. The molecule has 0 spiro atoms. The third-order valence-corrected chi connectivity index (χ3v) is 4.35. The summed E-state index contributed by atoms with van der Waals surface area (Å²) in [5.41, 5.74) is 0.645. The van der Waals surface area contributed by atoms with E-state index in [1.165, 1.54) is 22.7 Å². The number of likely N-dealkylation sites (N-methyl/N-ethyl adjacent to an activating group) is 1. The van der Waals surface area contributed by atoms with Crippen LogP contribution in [0.3, 0.4) is 0 Å². The predicted octanol–water partition coefficient (Wildman–Crippen LogP) is 3.91. The molecule has 4 nitrogen and oxygen atoms in total. The molecule has 1 aliphatic heterocycles. The lowest BCUT2D eigenvalue weighted by molar-refractivity contribution is -0.121. The van der Waals surface area contributed by atoms with E-state index in [4.69, 9.17) is 17.0 Å². The molecule has 8 heteroatoms. The molecule has 0 atom stereocenters. The van der Waals surface area contributed by atoms with Crippen molar-refractivity contribution in [1.82, 2.24) is 4.90 Å². The fraction of sp³-hybridized carbons (Fsp3) is 0.333. The summed E-state index contributed by atoms with van der Waals surface area (Å²) in [5, 5.41) is 0. The van der Waals surface area contributed by atoms with Gasteiger partial charge in [0.2, 0.25) is 0 Å². The monoisotopic (exact) mass is 359 g/mol. The zero-order chi connectivity index (χ0) is 17.0. The molecule has 124 valence electrons. The molecule has 0 bridgehead atoms. The van der Waals surface area contributed by atoms with E-state index >= 15 is 0 Å². The number of nitrogens with zero attached hydrogens (tertiary/aromatic N) is 1. The van der Waals surface area contributed by atoms with Crippen LogP contribution in [0.5, 0.6) is 11.5 Å². The number of thiocarbonyl (C=S) groups is 1. The van der Waals surface area contributed by atoms with E-state index in [0.29, 0.717) is 27.9 Å². The van der Waals surface area contributed by atoms with E-state index in [0.717, 1.165) is 0 Å². The third kappa shape index (κ3) is 4.20. The van der Waals surface area contributed by atoms with E-state index in [-0.39, 0.29) is 17.4 Å². The van der Waals surface area contributed by atoms with E-state index in [1.54, 1.807) is 25.1 Å². The van der Waals surface area contributed by atoms with E-state index in [2.05, 4.69) is 4.74 Å². The fourth-order valence-corrected chi connectivity index (χ4v) is 3.38. The number of hydrogen-bond donors (Lipinski definition) is 0. The van der Waals surface area contributed by atoms with Crippen molar-refractivity contribution in [2.75, 3.05) is 13.2 Å². The summed E-state index contributed by atoms with van der Waals surface area (Å²) in [7, 11) is 0. The Labute approximate surface area is 142 Å². The summed E-state index contributed by atoms with van der Waals surface area (Å²) in [6.45, 7) is 1.47. The third-order valence-electron chi connectivity index (χ3n) is 2.97. The Balaban J connectivity index is 2.30. The van der Waals surface area contributed by atoms with Gasteiger partial charge in [0.05, 0.1) is 11.5 Å². The quantitative estimate of drug-likeness (QED) is 0.569. The highest BCUT2D eigenvalue weighted by Crippen LogP contribution is 2.35. The van der Waals surface area contributed by atoms with Crippen molar-refractivity contribution in [2.45, 2.75) is 20.5 Å². The second-order valence-corrected chi connectivity index (χ2v) is 6.12. The van der Waals surface area contributed by atoms with Crippen molar-refractivity contribution in [3.8, 4) is 11.5 Å². The van der Waals surface area contributed by atoms with Crippen LogP contribution < -0.4 is 9.47 Å². The number of thioether (sulfide) groups is 1. The van der Waals surface area contributed by atoms with Gasteiger partial charge in [-0.15, -0.1) is 0 Å². The molecule has 1 amide bonds. The summed E-state index contributed by atoms with van der Waals surface area (Å²) < 4.78 is 35.0. The summed E-state index contributed by atoms with van der Waals surface area (Å²) in [5.74, 6) is 0.000920. The molecule has 23 heavy (non-hydrogen) atoms. The van der Waals surface area contributed by atoms with Crippen LogP contribution in [0.2, 0.25) is 0 Å². The molecule has 0 aliphatic carbocycles. The fourth-order valence-electron chi connectivity index (χ4n) is 2.00. The highest BCUT2D eigenvalue weighted by Gasteiger charge is 2.30. The number of alkyl halides is 2. The van der Waals surface area contributed by atoms with Crippen LogP contribution in [0.15, 0.2) is 23.1 Å². The van der Waals surface area contributed by atoms with Gasteiger partial charge in [0.1, 0.15) is 4.32 Å². The zero-order valence-corrected chi connectivity index (χ0v) is 14.2. The number of hydrogen-bond acceptors (Lipinski definition) is 5. The highest BCUT2D eigenvalue weighted by molar-refractivity contribution is 8.26. The van der Waals surface area contributed by atoms with Crippen molar-refractivity contribution in [3.63, 3.8) is 0 Å². The second-order valence-electron chi connectivity index (χ2n) is 4.44. The first kappa shape index (κ1) is 17.7. The van der Waals surface area contributed by atoms with Gasteiger partial charge in [0.25, 0.3) is 5.91 Å². The Hall–Kier alpha value is -1.67. The van der Waals surface area contributed by atoms with Gasteiger partial charge < -0.3 is 9.47 Å². The van der Waals surface area contributed by atoms with Crippen LogP contribution in [-0.2, 0) is 4.79 Å². The minimum absolute atomic E-state index is 0.0416. The summed E-state index contributed by atoms with van der Waals surface area (Å²) in [6.07, 6.45) is 1.66. The van der Waals surface area contributed by atoms with Crippen molar-refractivity contribution in [2.24, 2.45) is 0 Å². The van der Waals surface area contributed by atoms with Crippen molar-refractivity contribution in [1.29, 1.82) is 0 Å². The van der Waals surface area contributed by atoms with Crippen LogP contribution >= 0.6 is 24.0 Å². The Kier molecular flexibility index (Phi) is 5.95. The first-order valence-corrected chi connectivity index (χ1v) is 8.15. The molecule has 1 aliphatic rings. The van der Waals surface area contributed by atoms with E-state index in [9.17, 15) is 13.6 Å². The number of ether oxygens (including phenoxy) is 2. The molecule has 0 aromatic heterocycles. The topological polar surface area (TPSA) is 38.8 Å². The molecule has 1 aromatic rings. The average Bonchev–Trinajstić information content (AvgIpc) is 2.75. The van der Waals surface area contributed by atoms with Gasteiger partial charge in [0.15, 0.2) is 11.5 Å². The van der Waals surface area contributed by atoms with Crippen LogP contribution in [0.25, 0.3) is 6.08 Å². The lowest BCUT2D eigenvalue weighted by atomic mass is 10.2. The highest BCUT2D eigenvalue weighted by atomic mass is 32.2. The molecule has 2 rings (SSSR count). The molecule has 0 radical (unpaired) electrons. The second kappa shape index (κ2) is 7.74. The van der Waals surface area contributed by atoms with Crippen LogP contribution in [-0.4, -0.2) is 34.9 Å². The molecule has 1 fully saturated rings.